The fraction of sp³-hybridized carbons (Fsp3) is 0.412. The van der Waals surface area contributed by atoms with Gasteiger partial charge in [-0.2, -0.15) is 0 Å². The smallest absolute Gasteiger partial charge is 0.252 e. The van der Waals surface area contributed by atoms with E-state index in [0.29, 0.717) is 41.8 Å². The second-order valence-electron chi connectivity index (χ2n) is 5.46. The van der Waals surface area contributed by atoms with Gasteiger partial charge >= 0.3 is 0 Å². The van der Waals surface area contributed by atoms with E-state index >= 15 is 0 Å². The number of carbonyl (C=O) groups is 2. The van der Waals surface area contributed by atoms with Crippen LogP contribution in [0.4, 0.5) is 5.69 Å². The van der Waals surface area contributed by atoms with Crippen molar-refractivity contribution in [1.82, 2.24) is 5.32 Å². The summed E-state index contributed by atoms with van der Waals surface area (Å²) in [6, 6.07) is 4.88. The van der Waals surface area contributed by atoms with Crippen LogP contribution in [0.3, 0.4) is 0 Å². The van der Waals surface area contributed by atoms with Crippen LogP contribution in [-0.4, -0.2) is 32.1 Å². The summed E-state index contributed by atoms with van der Waals surface area (Å²) < 4.78 is 4.88. The molecule has 5 nitrogen and oxygen atoms in total. The van der Waals surface area contributed by atoms with E-state index in [4.69, 9.17) is 16.3 Å². The number of nitrogens with one attached hydrogen (secondary N) is 2. The molecule has 0 heterocycles. The van der Waals surface area contributed by atoms with Crippen LogP contribution in [0.2, 0.25) is 5.02 Å². The van der Waals surface area contributed by atoms with Crippen molar-refractivity contribution in [2.24, 2.45) is 5.92 Å². The third kappa shape index (κ3) is 5.37. The Balaban J connectivity index is 1.91. The Hall–Kier alpha value is -1.85. The zero-order chi connectivity index (χ0) is 16.7. The van der Waals surface area contributed by atoms with Gasteiger partial charge in [0.05, 0.1) is 17.2 Å². The summed E-state index contributed by atoms with van der Waals surface area (Å²) in [5.41, 5.74) is 0.968. The highest BCUT2D eigenvalue weighted by Gasteiger charge is 2.15. The summed E-state index contributed by atoms with van der Waals surface area (Å²) in [6.07, 6.45) is 6.71. The number of benzene rings is 1. The summed E-state index contributed by atoms with van der Waals surface area (Å²) in [4.78, 5) is 23.9. The van der Waals surface area contributed by atoms with E-state index in [-0.39, 0.29) is 11.8 Å². The molecule has 1 aliphatic rings. The molecule has 1 atom stereocenters. The van der Waals surface area contributed by atoms with Gasteiger partial charge in [-0.3, -0.25) is 9.59 Å². The molecule has 2 rings (SSSR count). The highest BCUT2D eigenvalue weighted by molar-refractivity contribution is 6.34. The molecule has 0 bridgehead atoms. The standard InChI is InChI=1S/C17H21ClN2O3/c1-23-9-8-19-17(22)14-7-6-13(11-15(14)18)20-16(21)10-12-4-2-3-5-12/h2,4,6-7,11-12H,3,5,8-10H2,1H3,(H,19,22)(H,20,21)/t12-/m1/s1. The van der Waals surface area contributed by atoms with Crippen LogP contribution in [0.25, 0.3) is 0 Å². The zero-order valence-electron chi connectivity index (χ0n) is 13.1. The minimum Gasteiger partial charge on any atom is -0.383 e. The molecule has 0 spiro atoms. The number of hydrogen-bond donors (Lipinski definition) is 2. The molecule has 23 heavy (non-hydrogen) atoms. The van der Waals surface area contributed by atoms with E-state index in [0.717, 1.165) is 12.8 Å². The zero-order valence-corrected chi connectivity index (χ0v) is 13.9. The number of halogens is 1. The van der Waals surface area contributed by atoms with Crippen LogP contribution in [0.15, 0.2) is 30.4 Å². The molecule has 2 N–H and O–H groups in total. The van der Waals surface area contributed by atoms with Crippen LogP contribution in [0, 0.1) is 5.92 Å². The molecule has 124 valence electrons. The number of anilines is 1. The highest BCUT2D eigenvalue weighted by Crippen LogP contribution is 2.23. The number of hydrogen-bond acceptors (Lipinski definition) is 3. The number of rotatable bonds is 7. The van der Waals surface area contributed by atoms with Crippen molar-refractivity contribution in [2.45, 2.75) is 19.3 Å². The number of carbonyl (C=O) groups excluding carboxylic acids is 2. The van der Waals surface area contributed by atoms with E-state index in [1.807, 2.05) is 0 Å². The highest BCUT2D eigenvalue weighted by atomic mass is 35.5. The Bertz CT molecular complexity index is 602. The lowest BCUT2D eigenvalue weighted by Crippen LogP contribution is -2.27. The van der Waals surface area contributed by atoms with Crippen molar-refractivity contribution in [3.8, 4) is 0 Å². The van der Waals surface area contributed by atoms with Crippen LogP contribution >= 0.6 is 11.6 Å². The fourth-order valence-corrected chi connectivity index (χ4v) is 2.72. The first-order valence-electron chi connectivity index (χ1n) is 7.63. The average molecular weight is 337 g/mol. The monoisotopic (exact) mass is 336 g/mol. The molecule has 0 fully saturated rings. The molecule has 1 aromatic rings. The molecule has 1 aromatic carbocycles. The Labute approximate surface area is 141 Å². The predicted octanol–water partition coefficient (Wildman–Crippen LogP) is 3.01. The quantitative estimate of drug-likeness (QED) is 0.594. The maximum absolute atomic E-state index is 12.0. The molecule has 0 unspecified atom stereocenters. The topological polar surface area (TPSA) is 67.4 Å². The van der Waals surface area contributed by atoms with Gasteiger partial charge in [0.1, 0.15) is 0 Å². The summed E-state index contributed by atoms with van der Waals surface area (Å²) in [7, 11) is 1.57. The van der Waals surface area contributed by atoms with Gasteiger partial charge in [-0.15, -0.1) is 0 Å². The van der Waals surface area contributed by atoms with Gasteiger partial charge in [0, 0.05) is 25.8 Å². The minimum absolute atomic E-state index is 0.0464. The molecule has 0 saturated carbocycles. The predicted molar refractivity (Wildman–Crippen MR) is 90.8 cm³/mol. The summed E-state index contributed by atoms with van der Waals surface area (Å²) in [5.74, 6) is 0.00670. The maximum atomic E-state index is 12.0. The summed E-state index contributed by atoms with van der Waals surface area (Å²) in [6.45, 7) is 0.853. The third-order valence-corrected chi connectivity index (χ3v) is 3.96. The normalized spacial score (nSPS) is 16.3. The minimum atomic E-state index is -0.263. The average Bonchev–Trinajstić information content (AvgIpc) is 3.00. The van der Waals surface area contributed by atoms with Crippen molar-refractivity contribution in [2.75, 3.05) is 25.6 Å². The number of methoxy groups -OCH3 is 1. The van der Waals surface area contributed by atoms with Crippen LogP contribution in [0.5, 0.6) is 0 Å². The molecule has 6 heteroatoms. The Morgan fingerprint density at radius 3 is 2.87 bits per heavy atom. The van der Waals surface area contributed by atoms with Gasteiger partial charge in [-0.05, 0) is 37.0 Å². The molecule has 0 saturated heterocycles. The van der Waals surface area contributed by atoms with Crippen molar-refractivity contribution in [3.05, 3.63) is 40.9 Å². The van der Waals surface area contributed by atoms with Crippen molar-refractivity contribution in [3.63, 3.8) is 0 Å². The molecular weight excluding hydrogens is 316 g/mol. The van der Waals surface area contributed by atoms with Crippen LogP contribution < -0.4 is 10.6 Å². The Morgan fingerprint density at radius 2 is 2.22 bits per heavy atom. The van der Waals surface area contributed by atoms with E-state index in [1.165, 1.54) is 0 Å². The second-order valence-corrected chi connectivity index (χ2v) is 5.87. The molecule has 1 aliphatic carbocycles. The molecule has 2 amide bonds. The lowest BCUT2D eigenvalue weighted by molar-refractivity contribution is -0.116. The lowest BCUT2D eigenvalue weighted by atomic mass is 10.0. The van der Waals surface area contributed by atoms with E-state index in [9.17, 15) is 9.59 Å². The first-order chi connectivity index (χ1) is 11.1. The maximum Gasteiger partial charge on any atom is 0.252 e. The van der Waals surface area contributed by atoms with Crippen LogP contribution in [0.1, 0.15) is 29.6 Å². The van der Waals surface area contributed by atoms with Crippen molar-refractivity contribution in [1.29, 1.82) is 0 Å². The van der Waals surface area contributed by atoms with Crippen molar-refractivity contribution >= 4 is 29.1 Å². The molecule has 0 radical (unpaired) electrons. The summed E-state index contributed by atoms with van der Waals surface area (Å²) in [5, 5.41) is 5.83. The molecule has 0 aromatic heterocycles. The number of allylic oxidation sites excluding steroid dienone is 2. The van der Waals surface area contributed by atoms with Crippen molar-refractivity contribution < 1.29 is 14.3 Å². The fourth-order valence-electron chi connectivity index (χ4n) is 2.45. The SMILES string of the molecule is COCCNC(=O)c1ccc(NC(=O)C[C@@H]2C=CCC2)cc1Cl. The van der Waals surface area contributed by atoms with E-state index in [1.54, 1.807) is 25.3 Å². The third-order valence-electron chi connectivity index (χ3n) is 3.65. The molecular formula is C17H21ClN2O3. The van der Waals surface area contributed by atoms with E-state index < -0.39 is 0 Å². The van der Waals surface area contributed by atoms with Gasteiger partial charge < -0.3 is 15.4 Å². The first kappa shape index (κ1) is 17.5. The largest absolute Gasteiger partial charge is 0.383 e. The van der Waals surface area contributed by atoms with Gasteiger partial charge in [0.15, 0.2) is 0 Å². The Kier molecular flexibility index (Phi) is 6.62. The number of ether oxygens (including phenoxy) is 1. The number of amides is 2. The molecule has 0 aliphatic heterocycles. The van der Waals surface area contributed by atoms with Gasteiger partial charge in [0.25, 0.3) is 5.91 Å². The van der Waals surface area contributed by atoms with Gasteiger partial charge in [-0.25, -0.2) is 0 Å². The Morgan fingerprint density at radius 1 is 1.39 bits per heavy atom. The summed E-state index contributed by atoms with van der Waals surface area (Å²) >= 11 is 6.14. The van der Waals surface area contributed by atoms with Crippen LogP contribution in [-0.2, 0) is 9.53 Å². The van der Waals surface area contributed by atoms with Gasteiger partial charge in [-0.1, -0.05) is 23.8 Å². The second kappa shape index (κ2) is 8.70. The van der Waals surface area contributed by atoms with Gasteiger partial charge in [0.2, 0.25) is 5.91 Å². The first-order valence-corrected chi connectivity index (χ1v) is 8.01. The lowest BCUT2D eigenvalue weighted by Gasteiger charge is -2.11. The van der Waals surface area contributed by atoms with E-state index in [2.05, 4.69) is 22.8 Å².